The number of benzene rings is 2. The number of halogens is 2. The van der Waals surface area contributed by atoms with Crippen molar-refractivity contribution in [3.05, 3.63) is 58.1 Å². The average Bonchev–Trinajstić information content (AvgIpc) is 2.41. The summed E-state index contributed by atoms with van der Waals surface area (Å²) in [7, 11) is 0. The van der Waals surface area contributed by atoms with Gasteiger partial charge in [-0.2, -0.15) is 0 Å². The van der Waals surface area contributed by atoms with Crippen molar-refractivity contribution in [3.8, 4) is 0 Å². The summed E-state index contributed by atoms with van der Waals surface area (Å²) in [5.74, 6) is -1.11. The van der Waals surface area contributed by atoms with Gasteiger partial charge >= 0.3 is 12.0 Å². The number of rotatable bonds is 3. The first-order valence-corrected chi connectivity index (χ1v) is 6.58. The van der Waals surface area contributed by atoms with Gasteiger partial charge in [-0.3, -0.25) is 0 Å². The molecule has 7 heteroatoms. The van der Waals surface area contributed by atoms with Crippen molar-refractivity contribution in [2.45, 2.75) is 0 Å². The second-order valence-corrected chi connectivity index (χ2v) is 4.93. The fraction of sp³-hybridized carbons (Fsp3) is 0. The number of carbonyl (C=O) groups excluding carboxylic acids is 1. The highest BCUT2D eigenvalue weighted by Gasteiger charge is 2.10. The number of aromatic carboxylic acids is 1. The Morgan fingerprint density at radius 1 is 1.00 bits per heavy atom. The van der Waals surface area contributed by atoms with E-state index >= 15 is 0 Å². The lowest BCUT2D eigenvalue weighted by Gasteiger charge is -2.10. The monoisotopic (exact) mass is 324 g/mol. The number of anilines is 2. The van der Waals surface area contributed by atoms with E-state index in [0.717, 1.165) is 0 Å². The summed E-state index contributed by atoms with van der Waals surface area (Å²) in [5.41, 5.74) is 0.735. The van der Waals surface area contributed by atoms with E-state index in [9.17, 15) is 9.59 Å². The molecular weight excluding hydrogens is 315 g/mol. The molecule has 0 heterocycles. The zero-order chi connectivity index (χ0) is 15.4. The molecule has 0 saturated heterocycles. The number of nitrogens with one attached hydrogen (secondary N) is 2. The van der Waals surface area contributed by atoms with Crippen LogP contribution in [-0.4, -0.2) is 17.1 Å². The Bertz CT molecular complexity index is 704. The Kier molecular flexibility index (Phi) is 4.67. The minimum atomic E-state index is -1.11. The van der Waals surface area contributed by atoms with Crippen LogP contribution in [-0.2, 0) is 0 Å². The van der Waals surface area contributed by atoms with Crippen molar-refractivity contribution < 1.29 is 14.7 Å². The lowest BCUT2D eigenvalue weighted by atomic mass is 10.2. The van der Waals surface area contributed by atoms with Crippen molar-refractivity contribution in [2.24, 2.45) is 0 Å². The standard InChI is InChI=1S/C14H10Cl2N2O3/c15-9-2-1-3-10(7-9)17-14(21)18-12-6-8(13(19)20)4-5-11(12)16/h1-7H,(H,19,20)(H2,17,18,21). The second-order valence-electron chi connectivity index (χ2n) is 4.09. The van der Waals surface area contributed by atoms with Gasteiger partial charge in [0.2, 0.25) is 0 Å². The van der Waals surface area contributed by atoms with Gasteiger partial charge in [0.15, 0.2) is 0 Å². The maximum Gasteiger partial charge on any atom is 0.335 e. The smallest absolute Gasteiger partial charge is 0.335 e. The zero-order valence-electron chi connectivity index (χ0n) is 10.6. The summed E-state index contributed by atoms with van der Waals surface area (Å²) < 4.78 is 0. The molecule has 2 amide bonds. The largest absolute Gasteiger partial charge is 0.478 e. The maximum atomic E-state index is 11.9. The quantitative estimate of drug-likeness (QED) is 0.785. The van der Waals surface area contributed by atoms with Crippen molar-refractivity contribution in [1.82, 2.24) is 0 Å². The van der Waals surface area contributed by atoms with Crippen LogP contribution in [0.15, 0.2) is 42.5 Å². The highest BCUT2D eigenvalue weighted by atomic mass is 35.5. The fourth-order valence-electron chi connectivity index (χ4n) is 1.60. The van der Waals surface area contributed by atoms with Crippen LogP contribution < -0.4 is 10.6 Å². The molecule has 5 nitrogen and oxygen atoms in total. The van der Waals surface area contributed by atoms with Gasteiger partial charge in [-0.05, 0) is 36.4 Å². The van der Waals surface area contributed by atoms with E-state index in [2.05, 4.69) is 10.6 Å². The van der Waals surface area contributed by atoms with Crippen LogP contribution in [0.4, 0.5) is 16.2 Å². The number of hydrogen-bond donors (Lipinski definition) is 3. The predicted molar refractivity (Wildman–Crippen MR) is 82.5 cm³/mol. The second kappa shape index (κ2) is 6.47. The lowest BCUT2D eigenvalue weighted by Crippen LogP contribution is -2.19. The lowest BCUT2D eigenvalue weighted by molar-refractivity contribution is 0.0697. The van der Waals surface area contributed by atoms with Gasteiger partial charge in [0.05, 0.1) is 16.3 Å². The predicted octanol–water partition coefficient (Wildman–Crippen LogP) is 4.34. The third-order valence-corrected chi connectivity index (χ3v) is 3.11. The Balaban J connectivity index is 2.12. The van der Waals surface area contributed by atoms with Gasteiger partial charge < -0.3 is 15.7 Å². The molecule has 0 aliphatic heterocycles. The van der Waals surface area contributed by atoms with E-state index in [1.54, 1.807) is 24.3 Å². The molecule has 0 bridgehead atoms. The number of carbonyl (C=O) groups is 2. The summed E-state index contributed by atoms with van der Waals surface area (Å²) >= 11 is 11.7. The number of carboxylic acid groups (broad SMARTS) is 1. The molecule has 0 spiro atoms. The topological polar surface area (TPSA) is 78.4 Å². The molecule has 2 aromatic carbocycles. The van der Waals surface area contributed by atoms with Gasteiger partial charge in [0, 0.05) is 10.7 Å². The van der Waals surface area contributed by atoms with Gasteiger partial charge in [-0.25, -0.2) is 9.59 Å². The fourth-order valence-corrected chi connectivity index (χ4v) is 1.96. The van der Waals surface area contributed by atoms with E-state index in [1.807, 2.05) is 0 Å². The first-order valence-electron chi connectivity index (χ1n) is 5.82. The first-order chi connectivity index (χ1) is 9.95. The molecule has 0 saturated carbocycles. The van der Waals surface area contributed by atoms with Crippen LogP contribution in [0.1, 0.15) is 10.4 Å². The summed E-state index contributed by atoms with van der Waals surface area (Å²) in [6, 6.07) is 10.1. The normalized spacial score (nSPS) is 10.0. The molecule has 3 N–H and O–H groups in total. The first kappa shape index (κ1) is 15.2. The van der Waals surface area contributed by atoms with E-state index < -0.39 is 12.0 Å². The van der Waals surface area contributed by atoms with E-state index in [0.29, 0.717) is 10.7 Å². The molecule has 0 aromatic heterocycles. The van der Waals surface area contributed by atoms with Crippen molar-refractivity contribution >= 4 is 46.6 Å². The molecule has 21 heavy (non-hydrogen) atoms. The summed E-state index contributed by atoms with van der Waals surface area (Å²) in [5, 5.41) is 14.7. The van der Waals surface area contributed by atoms with E-state index in [-0.39, 0.29) is 16.3 Å². The molecular formula is C14H10Cl2N2O3. The summed E-state index contributed by atoms with van der Waals surface area (Å²) in [6.07, 6.45) is 0. The van der Waals surface area contributed by atoms with Gasteiger partial charge in [-0.1, -0.05) is 29.3 Å². The molecule has 0 aliphatic carbocycles. The molecule has 2 rings (SSSR count). The Morgan fingerprint density at radius 3 is 2.43 bits per heavy atom. The van der Waals surface area contributed by atoms with E-state index in [4.69, 9.17) is 28.3 Å². The van der Waals surface area contributed by atoms with Gasteiger partial charge in [0.1, 0.15) is 0 Å². The maximum absolute atomic E-state index is 11.9. The molecule has 0 unspecified atom stereocenters. The van der Waals surface area contributed by atoms with Crippen molar-refractivity contribution in [1.29, 1.82) is 0 Å². The number of urea groups is 1. The summed E-state index contributed by atoms with van der Waals surface area (Å²) in [6.45, 7) is 0. The minimum Gasteiger partial charge on any atom is -0.478 e. The van der Waals surface area contributed by atoms with Crippen LogP contribution >= 0.6 is 23.2 Å². The Hall–Kier alpha value is -2.24. The molecule has 108 valence electrons. The highest BCUT2D eigenvalue weighted by Crippen LogP contribution is 2.23. The molecule has 0 aliphatic rings. The van der Waals surface area contributed by atoms with Crippen LogP contribution in [0.25, 0.3) is 0 Å². The Morgan fingerprint density at radius 2 is 1.76 bits per heavy atom. The number of amides is 2. The van der Waals surface area contributed by atoms with Gasteiger partial charge in [0.25, 0.3) is 0 Å². The SMILES string of the molecule is O=C(Nc1cccc(Cl)c1)Nc1cc(C(=O)O)ccc1Cl. The van der Waals surface area contributed by atoms with Crippen molar-refractivity contribution in [2.75, 3.05) is 10.6 Å². The molecule has 0 atom stereocenters. The van der Waals surface area contributed by atoms with Crippen LogP contribution in [0, 0.1) is 0 Å². The molecule has 0 fully saturated rings. The number of hydrogen-bond acceptors (Lipinski definition) is 2. The van der Waals surface area contributed by atoms with Crippen LogP contribution in [0.5, 0.6) is 0 Å². The highest BCUT2D eigenvalue weighted by molar-refractivity contribution is 6.34. The molecule has 2 aromatic rings. The van der Waals surface area contributed by atoms with E-state index in [1.165, 1.54) is 18.2 Å². The minimum absolute atomic E-state index is 0.0254. The Labute approximate surface area is 130 Å². The summed E-state index contributed by atoms with van der Waals surface area (Å²) in [4.78, 5) is 22.7. The average molecular weight is 325 g/mol. The number of carboxylic acids is 1. The molecule has 0 radical (unpaired) electrons. The zero-order valence-corrected chi connectivity index (χ0v) is 12.1. The van der Waals surface area contributed by atoms with Crippen LogP contribution in [0.2, 0.25) is 10.0 Å². The van der Waals surface area contributed by atoms with Gasteiger partial charge in [-0.15, -0.1) is 0 Å². The third kappa shape index (κ3) is 4.11. The van der Waals surface area contributed by atoms with Crippen LogP contribution in [0.3, 0.4) is 0 Å². The third-order valence-electron chi connectivity index (χ3n) is 2.54. The van der Waals surface area contributed by atoms with Crippen molar-refractivity contribution in [3.63, 3.8) is 0 Å².